The third-order valence-corrected chi connectivity index (χ3v) is 3.21. The number of nitrogens with one attached hydrogen (secondary N) is 2. The second kappa shape index (κ2) is 6.76. The highest BCUT2D eigenvalue weighted by Gasteiger charge is 2.31. The Morgan fingerprint density at radius 3 is 2.70 bits per heavy atom. The number of hydrogen-bond donors (Lipinski definition) is 2. The van der Waals surface area contributed by atoms with Crippen LogP contribution in [-0.4, -0.2) is 31.3 Å². The molecule has 0 aliphatic carbocycles. The van der Waals surface area contributed by atoms with Crippen molar-refractivity contribution in [2.75, 3.05) is 18.0 Å². The van der Waals surface area contributed by atoms with E-state index >= 15 is 0 Å². The van der Waals surface area contributed by atoms with Crippen molar-refractivity contribution in [3.05, 3.63) is 23.8 Å². The van der Waals surface area contributed by atoms with Gasteiger partial charge in [0.15, 0.2) is 0 Å². The first-order chi connectivity index (χ1) is 10.7. The number of alkyl halides is 3. The van der Waals surface area contributed by atoms with Gasteiger partial charge in [-0.1, -0.05) is 0 Å². The molecule has 126 valence electrons. The molecule has 2 amide bonds. The van der Waals surface area contributed by atoms with Gasteiger partial charge in [-0.25, -0.2) is 0 Å². The number of amides is 2. The fourth-order valence-corrected chi connectivity index (χ4v) is 2.38. The van der Waals surface area contributed by atoms with Crippen LogP contribution in [0.5, 0.6) is 5.75 Å². The van der Waals surface area contributed by atoms with Crippen LogP contribution in [0.2, 0.25) is 0 Å². The van der Waals surface area contributed by atoms with Crippen molar-refractivity contribution in [2.24, 2.45) is 0 Å². The molecule has 0 spiro atoms. The Bertz CT molecular complexity index is 605. The molecule has 0 atom stereocenters. The summed E-state index contributed by atoms with van der Waals surface area (Å²) < 4.78 is 40.7. The minimum Gasteiger partial charge on any atom is -0.406 e. The highest BCUT2D eigenvalue weighted by atomic mass is 19.4. The van der Waals surface area contributed by atoms with Crippen LogP contribution in [0.15, 0.2) is 18.2 Å². The SMILES string of the molecule is CC(=O)NNC(=O)CN1CCCc2cc(OC(F)(F)F)ccc21. The molecule has 9 heteroatoms. The van der Waals surface area contributed by atoms with Crippen molar-refractivity contribution in [2.45, 2.75) is 26.1 Å². The maximum atomic E-state index is 12.3. The molecular weight excluding hydrogens is 315 g/mol. The Labute approximate surface area is 130 Å². The Hall–Kier alpha value is -2.45. The van der Waals surface area contributed by atoms with Crippen LogP contribution in [-0.2, 0) is 16.0 Å². The number of nitrogens with zero attached hydrogens (tertiary/aromatic N) is 1. The lowest BCUT2D eigenvalue weighted by Gasteiger charge is -2.31. The molecule has 0 fully saturated rings. The Morgan fingerprint density at radius 2 is 2.04 bits per heavy atom. The van der Waals surface area contributed by atoms with Crippen LogP contribution in [0, 0.1) is 0 Å². The number of anilines is 1. The number of hydrogen-bond acceptors (Lipinski definition) is 4. The molecular formula is C14H16F3N3O3. The van der Waals surface area contributed by atoms with Crippen LogP contribution in [0.1, 0.15) is 18.9 Å². The maximum Gasteiger partial charge on any atom is 0.573 e. The minimum atomic E-state index is -4.74. The number of carbonyl (C=O) groups excluding carboxylic acids is 2. The van der Waals surface area contributed by atoms with Crippen molar-refractivity contribution in [1.82, 2.24) is 10.9 Å². The van der Waals surface area contributed by atoms with E-state index in [2.05, 4.69) is 15.6 Å². The first-order valence-electron chi connectivity index (χ1n) is 6.93. The Morgan fingerprint density at radius 1 is 1.30 bits per heavy atom. The fourth-order valence-electron chi connectivity index (χ4n) is 2.38. The van der Waals surface area contributed by atoms with Gasteiger partial charge in [0.25, 0.3) is 5.91 Å². The molecule has 1 aliphatic heterocycles. The molecule has 1 aliphatic rings. The first kappa shape index (κ1) is 16.9. The van der Waals surface area contributed by atoms with E-state index in [9.17, 15) is 22.8 Å². The molecule has 0 unspecified atom stereocenters. The minimum absolute atomic E-state index is 0.00719. The molecule has 0 bridgehead atoms. The molecule has 2 N–H and O–H groups in total. The maximum absolute atomic E-state index is 12.3. The van der Waals surface area contributed by atoms with E-state index in [0.29, 0.717) is 30.6 Å². The number of hydrazine groups is 1. The molecule has 6 nitrogen and oxygen atoms in total. The highest BCUT2D eigenvalue weighted by molar-refractivity contribution is 5.84. The lowest BCUT2D eigenvalue weighted by molar-refractivity contribution is -0.274. The summed E-state index contributed by atoms with van der Waals surface area (Å²) in [5.41, 5.74) is 5.80. The normalized spacial score (nSPS) is 14.0. The van der Waals surface area contributed by atoms with Crippen LogP contribution in [0.4, 0.5) is 18.9 Å². The zero-order valence-electron chi connectivity index (χ0n) is 12.4. The monoisotopic (exact) mass is 331 g/mol. The van der Waals surface area contributed by atoms with Gasteiger partial charge in [-0.05, 0) is 36.6 Å². The number of ether oxygens (including phenoxy) is 1. The standard InChI is InChI=1S/C14H16F3N3O3/c1-9(21)18-19-13(22)8-20-6-2-3-10-7-11(4-5-12(10)20)23-14(15,16)17/h4-5,7H,2-3,6,8H2,1H3,(H,18,21)(H,19,22). The van der Waals surface area contributed by atoms with Gasteiger partial charge in [0.1, 0.15) is 5.75 Å². The summed E-state index contributed by atoms with van der Waals surface area (Å²) in [5, 5.41) is 0. The van der Waals surface area contributed by atoms with E-state index in [-0.39, 0.29) is 12.3 Å². The number of fused-ring (bicyclic) bond motifs is 1. The summed E-state index contributed by atoms with van der Waals surface area (Å²) in [6.45, 7) is 1.85. The fraction of sp³-hybridized carbons (Fsp3) is 0.429. The van der Waals surface area contributed by atoms with E-state index in [1.807, 2.05) is 0 Å². The number of carbonyl (C=O) groups is 2. The van der Waals surface area contributed by atoms with E-state index in [4.69, 9.17) is 0 Å². The van der Waals surface area contributed by atoms with Crippen molar-refractivity contribution < 1.29 is 27.5 Å². The third kappa shape index (κ3) is 5.04. The predicted molar refractivity (Wildman–Crippen MR) is 75.6 cm³/mol. The van der Waals surface area contributed by atoms with Gasteiger partial charge in [-0.3, -0.25) is 20.4 Å². The third-order valence-electron chi connectivity index (χ3n) is 3.21. The Kier molecular flexibility index (Phi) is 4.97. The number of halogens is 3. The van der Waals surface area contributed by atoms with Crippen LogP contribution in [0.25, 0.3) is 0 Å². The summed E-state index contributed by atoms with van der Waals surface area (Å²) in [7, 11) is 0. The second-order valence-corrected chi connectivity index (χ2v) is 5.09. The summed E-state index contributed by atoms with van der Waals surface area (Å²) in [6.07, 6.45) is -3.43. The summed E-state index contributed by atoms with van der Waals surface area (Å²) in [4.78, 5) is 24.2. The number of benzene rings is 1. The zero-order valence-corrected chi connectivity index (χ0v) is 12.4. The van der Waals surface area contributed by atoms with Crippen molar-refractivity contribution in [3.8, 4) is 5.75 Å². The number of aryl methyl sites for hydroxylation is 1. The van der Waals surface area contributed by atoms with Crippen LogP contribution in [0.3, 0.4) is 0 Å². The van der Waals surface area contributed by atoms with Crippen molar-refractivity contribution in [1.29, 1.82) is 0 Å². The van der Waals surface area contributed by atoms with Gasteiger partial charge in [0, 0.05) is 19.2 Å². The van der Waals surface area contributed by atoms with E-state index in [1.54, 1.807) is 4.90 Å². The van der Waals surface area contributed by atoms with E-state index in [0.717, 1.165) is 0 Å². The lowest BCUT2D eigenvalue weighted by atomic mass is 10.0. The topological polar surface area (TPSA) is 70.7 Å². The molecule has 2 rings (SSSR count). The van der Waals surface area contributed by atoms with Gasteiger partial charge in [-0.2, -0.15) is 0 Å². The quantitative estimate of drug-likeness (QED) is 0.824. The van der Waals surface area contributed by atoms with Crippen LogP contribution >= 0.6 is 0 Å². The van der Waals surface area contributed by atoms with Gasteiger partial charge in [0.2, 0.25) is 5.91 Å². The zero-order chi connectivity index (χ0) is 17.0. The molecule has 1 aromatic carbocycles. The molecule has 1 heterocycles. The first-order valence-corrected chi connectivity index (χ1v) is 6.93. The van der Waals surface area contributed by atoms with Crippen molar-refractivity contribution in [3.63, 3.8) is 0 Å². The number of rotatable bonds is 3. The molecule has 0 radical (unpaired) electrons. The summed E-state index contributed by atoms with van der Waals surface area (Å²) in [6, 6.07) is 4.05. The molecule has 1 aromatic rings. The highest BCUT2D eigenvalue weighted by Crippen LogP contribution is 2.32. The summed E-state index contributed by atoms with van der Waals surface area (Å²) >= 11 is 0. The van der Waals surface area contributed by atoms with Crippen molar-refractivity contribution >= 4 is 17.5 Å². The predicted octanol–water partition coefficient (Wildman–Crippen LogP) is 1.51. The Balaban J connectivity index is 2.07. The average Bonchev–Trinajstić information content (AvgIpc) is 2.43. The van der Waals surface area contributed by atoms with Gasteiger partial charge in [-0.15, -0.1) is 13.2 Å². The molecule has 23 heavy (non-hydrogen) atoms. The van der Waals surface area contributed by atoms with E-state index in [1.165, 1.54) is 25.1 Å². The largest absolute Gasteiger partial charge is 0.573 e. The molecule has 0 saturated carbocycles. The summed E-state index contributed by atoms with van der Waals surface area (Å²) in [5.74, 6) is -1.09. The lowest BCUT2D eigenvalue weighted by Crippen LogP contribution is -2.46. The van der Waals surface area contributed by atoms with Gasteiger partial charge in [0.05, 0.1) is 6.54 Å². The second-order valence-electron chi connectivity index (χ2n) is 5.09. The van der Waals surface area contributed by atoms with E-state index < -0.39 is 18.2 Å². The smallest absolute Gasteiger partial charge is 0.406 e. The van der Waals surface area contributed by atoms with Crippen LogP contribution < -0.4 is 20.5 Å². The molecule has 0 aromatic heterocycles. The molecule has 0 saturated heterocycles. The van der Waals surface area contributed by atoms with Gasteiger partial charge >= 0.3 is 6.36 Å². The van der Waals surface area contributed by atoms with Gasteiger partial charge < -0.3 is 9.64 Å². The average molecular weight is 331 g/mol.